The summed E-state index contributed by atoms with van der Waals surface area (Å²) in [6.45, 7) is 4.46. The fourth-order valence-corrected chi connectivity index (χ4v) is 3.22. The Kier molecular flexibility index (Phi) is 4.25. The van der Waals surface area contributed by atoms with E-state index in [2.05, 4.69) is 11.8 Å². The zero-order valence-electron chi connectivity index (χ0n) is 10.2. The third-order valence-electron chi connectivity index (χ3n) is 2.99. The minimum absolute atomic E-state index is 0.0197. The highest BCUT2D eigenvalue weighted by Gasteiger charge is 2.21. The average molecular weight is 302 g/mol. The summed E-state index contributed by atoms with van der Waals surface area (Å²) in [6, 6.07) is 4.97. The van der Waals surface area contributed by atoms with Crippen molar-refractivity contribution in [2.45, 2.75) is 13.8 Å². The number of carbonyl (C=O) groups excluding carboxylic acids is 1. The van der Waals surface area contributed by atoms with Crippen molar-refractivity contribution in [3.8, 4) is 0 Å². The molecule has 0 fully saturated rings. The zero-order chi connectivity index (χ0) is 13.3. The number of Topliss-reactive ketones (excluding diaryl/α,β-unsaturated/α-hetero) is 1. The molecule has 0 bridgehead atoms. The molecule has 0 N–H and O–H groups in total. The highest BCUT2D eigenvalue weighted by molar-refractivity contribution is 8.03. The van der Waals surface area contributed by atoms with E-state index in [0.29, 0.717) is 22.2 Å². The molecule has 0 aromatic heterocycles. The molecule has 1 aromatic rings. The SMILES string of the molecule is CC1=C(C)N(CC(=O)c2ccc(Cl)cc2Cl)CS1. The predicted octanol–water partition coefficient (Wildman–Crippen LogP) is 4.43. The van der Waals surface area contributed by atoms with E-state index in [1.165, 1.54) is 10.6 Å². The van der Waals surface area contributed by atoms with E-state index < -0.39 is 0 Å². The Morgan fingerprint density at radius 3 is 2.67 bits per heavy atom. The van der Waals surface area contributed by atoms with Crippen LogP contribution in [-0.4, -0.2) is 23.1 Å². The number of rotatable bonds is 3. The number of ketones is 1. The molecule has 5 heteroatoms. The summed E-state index contributed by atoms with van der Waals surface area (Å²) in [5.41, 5.74) is 1.70. The molecule has 0 radical (unpaired) electrons. The molecule has 18 heavy (non-hydrogen) atoms. The van der Waals surface area contributed by atoms with Crippen LogP contribution in [0.5, 0.6) is 0 Å². The standard InChI is InChI=1S/C13H13Cl2NOS/c1-8-9(2)18-7-16(8)6-13(17)11-4-3-10(14)5-12(11)15/h3-5H,6-7H2,1-2H3. The van der Waals surface area contributed by atoms with Crippen LogP contribution in [0.3, 0.4) is 0 Å². The summed E-state index contributed by atoms with van der Waals surface area (Å²) >= 11 is 13.6. The first-order valence-corrected chi connectivity index (χ1v) is 7.26. The van der Waals surface area contributed by atoms with Crippen LogP contribution in [0.15, 0.2) is 28.8 Å². The number of hydrogen-bond donors (Lipinski definition) is 0. The predicted molar refractivity (Wildman–Crippen MR) is 78.3 cm³/mol. The van der Waals surface area contributed by atoms with Gasteiger partial charge < -0.3 is 4.90 Å². The van der Waals surface area contributed by atoms with Gasteiger partial charge >= 0.3 is 0 Å². The van der Waals surface area contributed by atoms with Gasteiger partial charge in [0.15, 0.2) is 5.78 Å². The molecule has 1 aliphatic rings. The number of carbonyl (C=O) groups is 1. The van der Waals surface area contributed by atoms with Crippen molar-refractivity contribution in [2.24, 2.45) is 0 Å². The molecule has 96 valence electrons. The lowest BCUT2D eigenvalue weighted by molar-refractivity contribution is 0.0959. The van der Waals surface area contributed by atoms with Gasteiger partial charge in [-0.05, 0) is 32.0 Å². The third-order valence-corrected chi connectivity index (χ3v) is 4.70. The minimum Gasteiger partial charge on any atom is -0.357 e. The minimum atomic E-state index is 0.0197. The topological polar surface area (TPSA) is 20.3 Å². The number of thioether (sulfide) groups is 1. The Hall–Kier alpha value is -0.640. The quantitative estimate of drug-likeness (QED) is 0.770. The normalized spacial score (nSPS) is 15.4. The number of halogens is 2. The Morgan fingerprint density at radius 1 is 1.39 bits per heavy atom. The first kappa shape index (κ1) is 13.8. The molecule has 0 aliphatic carbocycles. The second-order valence-electron chi connectivity index (χ2n) is 4.16. The van der Waals surface area contributed by atoms with Crippen molar-refractivity contribution < 1.29 is 4.79 Å². The van der Waals surface area contributed by atoms with Gasteiger partial charge in [-0.1, -0.05) is 23.2 Å². The van der Waals surface area contributed by atoms with Crippen LogP contribution in [0.2, 0.25) is 10.0 Å². The van der Waals surface area contributed by atoms with Gasteiger partial charge in [-0.3, -0.25) is 4.79 Å². The lowest BCUT2D eigenvalue weighted by atomic mass is 10.1. The largest absolute Gasteiger partial charge is 0.357 e. The van der Waals surface area contributed by atoms with Crippen LogP contribution in [0.4, 0.5) is 0 Å². The van der Waals surface area contributed by atoms with E-state index in [4.69, 9.17) is 23.2 Å². The molecule has 0 amide bonds. The first-order valence-electron chi connectivity index (χ1n) is 5.52. The second-order valence-corrected chi connectivity index (χ2v) is 6.16. The summed E-state index contributed by atoms with van der Waals surface area (Å²) in [5.74, 6) is 0.848. The molecule has 0 saturated heterocycles. The maximum atomic E-state index is 12.2. The van der Waals surface area contributed by atoms with Crippen molar-refractivity contribution in [3.63, 3.8) is 0 Å². The van der Waals surface area contributed by atoms with Crippen LogP contribution in [0, 0.1) is 0 Å². The smallest absolute Gasteiger partial charge is 0.183 e. The summed E-state index contributed by atoms with van der Waals surface area (Å²) in [6.07, 6.45) is 0. The number of benzene rings is 1. The molecule has 2 nitrogen and oxygen atoms in total. The van der Waals surface area contributed by atoms with E-state index in [0.717, 1.165) is 5.88 Å². The molecular weight excluding hydrogens is 289 g/mol. The van der Waals surface area contributed by atoms with Crippen molar-refractivity contribution in [2.75, 3.05) is 12.4 Å². The Bertz CT molecular complexity index is 528. The van der Waals surface area contributed by atoms with Crippen molar-refractivity contribution >= 4 is 40.7 Å². The fourth-order valence-electron chi connectivity index (χ4n) is 1.74. The van der Waals surface area contributed by atoms with E-state index in [9.17, 15) is 4.79 Å². The van der Waals surface area contributed by atoms with Crippen molar-refractivity contribution in [1.29, 1.82) is 0 Å². The summed E-state index contributed by atoms with van der Waals surface area (Å²) in [4.78, 5) is 15.5. The van der Waals surface area contributed by atoms with Gasteiger partial charge in [-0.25, -0.2) is 0 Å². The molecule has 0 spiro atoms. The van der Waals surface area contributed by atoms with Gasteiger partial charge in [0, 0.05) is 21.2 Å². The maximum Gasteiger partial charge on any atom is 0.183 e. The lowest BCUT2D eigenvalue weighted by Crippen LogP contribution is -2.25. The molecule has 1 heterocycles. The number of nitrogens with zero attached hydrogens (tertiary/aromatic N) is 1. The van der Waals surface area contributed by atoms with Crippen LogP contribution in [0.25, 0.3) is 0 Å². The van der Waals surface area contributed by atoms with Crippen LogP contribution in [0.1, 0.15) is 24.2 Å². The van der Waals surface area contributed by atoms with Crippen LogP contribution >= 0.6 is 35.0 Å². The molecule has 1 aliphatic heterocycles. The Balaban J connectivity index is 2.13. The molecule has 1 aromatic carbocycles. The van der Waals surface area contributed by atoms with E-state index in [-0.39, 0.29) is 5.78 Å². The Morgan fingerprint density at radius 2 is 2.11 bits per heavy atom. The van der Waals surface area contributed by atoms with Crippen LogP contribution in [-0.2, 0) is 0 Å². The summed E-state index contributed by atoms with van der Waals surface area (Å²) in [5, 5.41) is 0.956. The monoisotopic (exact) mass is 301 g/mol. The highest BCUT2D eigenvalue weighted by Crippen LogP contribution is 2.31. The molecular formula is C13H13Cl2NOS. The van der Waals surface area contributed by atoms with Crippen molar-refractivity contribution in [1.82, 2.24) is 4.90 Å². The summed E-state index contributed by atoms with van der Waals surface area (Å²) < 4.78 is 0. The fraction of sp³-hybridized carbons (Fsp3) is 0.308. The van der Waals surface area contributed by atoms with E-state index in [1.807, 2.05) is 6.92 Å². The maximum absolute atomic E-state index is 12.2. The van der Waals surface area contributed by atoms with Gasteiger partial charge in [0.25, 0.3) is 0 Å². The lowest BCUT2D eigenvalue weighted by Gasteiger charge is -2.18. The van der Waals surface area contributed by atoms with Crippen molar-refractivity contribution in [3.05, 3.63) is 44.4 Å². The molecule has 0 saturated carbocycles. The summed E-state index contributed by atoms with van der Waals surface area (Å²) in [7, 11) is 0. The van der Waals surface area contributed by atoms with E-state index >= 15 is 0 Å². The molecule has 0 atom stereocenters. The molecule has 2 rings (SSSR count). The first-order chi connectivity index (χ1) is 8.49. The highest BCUT2D eigenvalue weighted by atomic mass is 35.5. The second kappa shape index (κ2) is 5.55. The van der Waals surface area contributed by atoms with Gasteiger partial charge in [0.05, 0.1) is 17.4 Å². The zero-order valence-corrected chi connectivity index (χ0v) is 12.5. The molecule has 0 unspecified atom stereocenters. The number of allylic oxidation sites excluding steroid dienone is 2. The average Bonchev–Trinajstić information content (AvgIpc) is 2.61. The van der Waals surface area contributed by atoms with Gasteiger partial charge in [0.2, 0.25) is 0 Å². The van der Waals surface area contributed by atoms with Gasteiger partial charge in [-0.15, -0.1) is 11.8 Å². The van der Waals surface area contributed by atoms with E-state index in [1.54, 1.807) is 30.0 Å². The number of hydrogen-bond acceptors (Lipinski definition) is 3. The van der Waals surface area contributed by atoms with Crippen LogP contribution < -0.4 is 0 Å². The van der Waals surface area contributed by atoms with Gasteiger partial charge in [-0.2, -0.15) is 0 Å². The van der Waals surface area contributed by atoms with Gasteiger partial charge in [0.1, 0.15) is 0 Å². The Labute approximate surface area is 121 Å². The third kappa shape index (κ3) is 2.85.